The molecular weight excluding hydrogens is 364 g/mol. The van der Waals surface area contributed by atoms with Crippen molar-refractivity contribution in [2.75, 3.05) is 0 Å². The van der Waals surface area contributed by atoms with Crippen molar-refractivity contribution in [2.45, 2.75) is 16.5 Å². The number of aromatic nitrogens is 3. The fraction of sp³-hybridized carbons (Fsp3) is 0.105. The van der Waals surface area contributed by atoms with Gasteiger partial charge in [-0.1, -0.05) is 36.0 Å². The maximum absolute atomic E-state index is 10.6. The van der Waals surface area contributed by atoms with Crippen LogP contribution in [0.3, 0.4) is 0 Å². The van der Waals surface area contributed by atoms with Crippen LogP contribution in [0.15, 0.2) is 58.6 Å². The standard InChI is InChI=1S/C19H14N4OS2/c1-11(25-19-23-15-8-4-5-9-16(15)26-19)17(24)12(10-20)18-21-13-6-2-3-7-14(13)22-18/h2-9,11,24H,1H3,(H,21,22)/b17-12-. The first kappa shape index (κ1) is 16.6. The zero-order valence-corrected chi connectivity index (χ0v) is 15.4. The number of nitrogens with zero attached hydrogens (tertiary/aromatic N) is 3. The smallest absolute Gasteiger partial charge is 0.152 e. The number of allylic oxidation sites excluding steroid dienone is 1. The summed E-state index contributed by atoms with van der Waals surface area (Å²) in [5, 5.41) is 19.9. The molecule has 7 heteroatoms. The van der Waals surface area contributed by atoms with Crippen molar-refractivity contribution >= 4 is 49.9 Å². The number of hydrogen-bond donors (Lipinski definition) is 2. The molecular formula is C19H14N4OS2. The summed E-state index contributed by atoms with van der Waals surface area (Å²) < 4.78 is 1.95. The number of aromatic amines is 1. The summed E-state index contributed by atoms with van der Waals surface area (Å²) in [5.41, 5.74) is 2.68. The lowest BCUT2D eigenvalue weighted by atomic mass is 10.2. The molecule has 0 fully saturated rings. The molecule has 1 unspecified atom stereocenters. The van der Waals surface area contributed by atoms with E-state index in [-0.39, 0.29) is 16.6 Å². The van der Waals surface area contributed by atoms with E-state index in [2.05, 4.69) is 21.0 Å². The molecule has 128 valence electrons. The van der Waals surface area contributed by atoms with Crippen LogP contribution in [-0.2, 0) is 0 Å². The summed E-state index contributed by atoms with van der Waals surface area (Å²) in [4.78, 5) is 12.1. The summed E-state index contributed by atoms with van der Waals surface area (Å²) in [6.07, 6.45) is 0. The minimum Gasteiger partial charge on any atom is -0.510 e. The highest BCUT2D eigenvalue weighted by molar-refractivity contribution is 8.01. The second kappa shape index (κ2) is 6.83. The van der Waals surface area contributed by atoms with E-state index in [0.717, 1.165) is 25.6 Å². The minimum atomic E-state index is -0.321. The highest BCUT2D eigenvalue weighted by Gasteiger charge is 2.20. The number of rotatable bonds is 4. The van der Waals surface area contributed by atoms with E-state index < -0.39 is 0 Å². The third-order valence-electron chi connectivity index (χ3n) is 3.93. The van der Waals surface area contributed by atoms with Crippen molar-refractivity contribution in [2.24, 2.45) is 0 Å². The first-order valence-electron chi connectivity index (χ1n) is 7.96. The van der Waals surface area contributed by atoms with E-state index in [1.165, 1.54) is 11.8 Å². The Morgan fingerprint density at radius 2 is 1.88 bits per heavy atom. The van der Waals surface area contributed by atoms with Gasteiger partial charge in [-0.3, -0.25) is 0 Å². The number of thiazole rings is 1. The van der Waals surface area contributed by atoms with Crippen LogP contribution in [0.4, 0.5) is 0 Å². The summed E-state index contributed by atoms with van der Waals surface area (Å²) in [7, 11) is 0. The van der Waals surface area contributed by atoms with E-state index in [4.69, 9.17) is 0 Å². The van der Waals surface area contributed by atoms with Crippen LogP contribution in [0.5, 0.6) is 0 Å². The van der Waals surface area contributed by atoms with Gasteiger partial charge in [-0.15, -0.1) is 11.3 Å². The lowest BCUT2D eigenvalue weighted by molar-refractivity contribution is 0.402. The lowest BCUT2D eigenvalue weighted by Crippen LogP contribution is -2.04. The summed E-state index contributed by atoms with van der Waals surface area (Å²) >= 11 is 3.00. The number of benzene rings is 2. The topological polar surface area (TPSA) is 85.6 Å². The Morgan fingerprint density at radius 1 is 1.15 bits per heavy atom. The van der Waals surface area contributed by atoms with Gasteiger partial charge in [0.15, 0.2) is 10.2 Å². The number of para-hydroxylation sites is 3. The molecule has 0 bridgehead atoms. The number of fused-ring (bicyclic) bond motifs is 2. The fourth-order valence-electron chi connectivity index (χ4n) is 2.61. The molecule has 0 aliphatic rings. The van der Waals surface area contributed by atoms with Crippen LogP contribution in [0.25, 0.3) is 26.8 Å². The molecule has 2 aromatic carbocycles. The molecule has 26 heavy (non-hydrogen) atoms. The molecule has 2 heterocycles. The predicted molar refractivity (Wildman–Crippen MR) is 106 cm³/mol. The van der Waals surface area contributed by atoms with Gasteiger partial charge in [0.25, 0.3) is 0 Å². The lowest BCUT2D eigenvalue weighted by Gasteiger charge is -2.09. The van der Waals surface area contributed by atoms with Crippen LogP contribution in [0.2, 0.25) is 0 Å². The van der Waals surface area contributed by atoms with Crippen molar-refractivity contribution in [1.82, 2.24) is 15.0 Å². The average Bonchev–Trinajstić information content (AvgIpc) is 3.25. The highest BCUT2D eigenvalue weighted by atomic mass is 32.2. The van der Waals surface area contributed by atoms with Crippen LogP contribution in [-0.4, -0.2) is 25.3 Å². The zero-order valence-electron chi connectivity index (χ0n) is 13.8. The maximum atomic E-state index is 10.6. The highest BCUT2D eigenvalue weighted by Crippen LogP contribution is 2.35. The van der Waals surface area contributed by atoms with Crippen molar-refractivity contribution in [3.8, 4) is 6.07 Å². The van der Waals surface area contributed by atoms with Gasteiger partial charge in [0.2, 0.25) is 0 Å². The number of aliphatic hydroxyl groups excluding tert-OH is 1. The molecule has 0 amide bonds. The quantitative estimate of drug-likeness (QED) is 0.291. The van der Waals surface area contributed by atoms with Crippen LogP contribution in [0.1, 0.15) is 12.7 Å². The van der Waals surface area contributed by atoms with Gasteiger partial charge in [0, 0.05) is 0 Å². The molecule has 0 saturated heterocycles. The van der Waals surface area contributed by atoms with E-state index in [1.807, 2.05) is 55.5 Å². The minimum absolute atomic E-state index is 0.00388. The molecule has 1 atom stereocenters. The predicted octanol–water partition coefficient (Wildman–Crippen LogP) is 5.15. The van der Waals surface area contributed by atoms with Crippen molar-refractivity contribution in [3.05, 3.63) is 60.1 Å². The molecule has 0 spiro atoms. The molecule has 0 aliphatic carbocycles. The van der Waals surface area contributed by atoms with Crippen LogP contribution >= 0.6 is 23.1 Å². The number of thioether (sulfide) groups is 1. The van der Waals surface area contributed by atoms with Crippen molar-refractivity contribution < 1.29 is 5.11 Å². The summed E-state index contributed by atoms with van der Waals surface area (Å²) in [6, 6.07) is 17.5. The van der Waals surface area contributed by atoms with E-state index >= 15 is 0 Å². The third-order valence-corrected chi connectivity index (χ3v) is 6.17. The van der Waals surface area contributed by atoms with Gasteiger partial charge in [0.1, 0.15) is 17.4 Å². The monoisotopic (exact) mass is 378 g/mol. The first-order chi connectivity index (χ1) is 12.7. The molecule has 4 rings (SSSR count). The van der Waals surface area contributed by atoms with Crippen LogP contribution in [0, 0.1) is 11.3 Å². The number of imidazole rings is 1. The van der Waals surface area contributed by atoms with Gasteiger partial charge in [-0.05, 0) is 31.2 Å². The number of nitriles is 1. The van der Waals surface area contributed by atoms with E-state index in [1.54, 1.807) is 11.3 Å². The molecule has 2 aromatic heterocycles. The molecule has 0 aliphatic heterocycles. The van der Waals surface area contributed by atoms with Gasteiger partial charge >= 0.3 is 0 Å². The van der Waals surface area contributed by atoms with Gasteiger partial charge in [0.05, 0.1) is 26.5 Å². The molecule has 4 aromatic rings. The summed E-state index contributed by atoms with van der Waals surface area (Å²) in [6.45, 7) is 1.85. The number of H-pyrrole nitrogens is 1. The van der Waals surface area contributed by atoms with Gasteiger partial charge < -0.3 is 10.1 Å². The molecule has 5 nitrogen and oxygen atoms in total. The Labute approximate surface area is 158 Å². The third kappa shape index (κ3) is 3.05. The fourth-order valence-corrected chi connectivity index (χ4v) is 4.89. The molecule has 0 radical (unpaired) electrons. The van der Waals surface area contributed by atoms with Crippen molar-refractivity contribution in [3.63, 3.8) is 0 Å². The Bertz CT molecular complexity index is 1100. The van der Waals surface area contributed by atoms with Crippen LogP contribution < -0.4 is 0 Å². The number of hydrogen-bond acceptors (Lipinski definition) is 6. The average molecular weight is 378 g/mol. The number of aliphatic hydroxyl groups is 1. The second-order valence-corrected chi connectivity index (χ2v) is 8.30. The normalized spacial score (nSPS) is 13.5. The first-order valence-corrected chi connectivity index (χ1v) is 9.66. The van der Waals surface area contributed by atoms with E-state index in [0.29, 0.717) is 5.82 Å². The maximum Gasteiger partial charge on any atom is 0.152 e. The van der Waals surface area contributed by atoms with Crippen molar-refractivity contribution in [1.29, 1.82) is 5.26 Å². The largest absolute Gasteiger partial charge is 0.510 e. The Balaban J connectivity index is 1.66. The Kier molecular flexibility index (Phi) is 4.37. The second-order valence-electron chi connectivity index (χ2n) is 5.68. The summed E-state index contributed by atoms with van der Waals surface area (Å²) in [5.74, 6) is 0.374. The molecule has 2 N–H and O–H groups in total. The zero-order chi connectivity index (χ0) is 18.1. The van der Waals surface area contributed by atoms with Gasteiger partial charge in [-0.25, -0.2) is 9.97 Å². The van der Waals surface area contributed by atoms with E-state index in [9.17, 15) is 10.4 Å². The van der Waals surface area contributed by atoms with Gasteiger partial charge in [-0.2, -0.15) is 5.26 Å². The SMILES string of the molecule is CC(Sc1nc2ccccc2s1)/C(O)=C(\C#N)c1nc2ccccc2[nH]1. The number of nitrogens with one attached hydrogen (secondary N) is 1. The Morgan fingerprint density at radius 3 is 2.62 bits per heavy atom. The Hall–Kier alpha value is -2.82. The molecule has 0 saturated carbocycles.